The number of carbonyl (C=O) groups excluding carboxylic acids is 2. The Morgan fingerprint density at radius 3 is 2.17 bits per heavy atom. The molecule has 2 aromatic carbocycles. The van der Waals surface area contributed by atoms with E-state index in [1.54, 1.807) is 6.92 Å². The molecule has 0 aromatic heterocycles. The molecule has 0 saturated heterocycles. The van der Waals surface area contributed by atoms with Crippen molar-refractivity contribution in [3.8, 4) is 11.1 Å². The van der Waals surface area contributed by atoms with Crippen molar-refractivity contribution in [2.24, 2.45) is 0 Å². The van der Waals surface area contributed by atoms with E-state index in [-0.39, 0.29) is 31.3 Å². The molecule has 0 bridgehead atoms. The average molecular weight is 396 g/mol. The first-order valence-electron chi connectivity index (χ1n) is 9.62. The minimum atomic E-state index is -1.21. The normalized spacial score (nSPS) is 13.1. The monoisotopic (exact) mass is 396 g/mol. The van der Waals surface area contributed by atoms with Gasteiger partial charge in [-0.1, -0.05) is 48.5 Å². The molecular formula is C22H24N2O5. The van der Waals surface area contributed by atoms with Gasteiger partial charge in [0.1, 0.15) is 12.6 Å². The minimum absolute atomic E-state index is 0.00840. The molecular weight excluding hydrogens is 372 g/mol. The van der Waals surface area contributed by atoms with Crippen molar-refractivity contribution in [2.75, 3.05) is 13.2 Å². The first kappa shape index (κ1) is 20.4. The Morgan fingerprint density at radius 1 is 1.03 bits per heavy atom. The lowest BCUT2D eigenvalue weighted by molar-refractivity contribution is -0.139. The van der Waals surface area contributed by atoms with Gasteiger partial charge in [0.15, 0.2) is 0 Å². The molecule has 3 rings (SSSR count). The fourth-order valence-electron chi connectivity index (χ4n) is 3.60. The van der Waals surface area contributed by atoms with Crippen molar-refractivity contribution < 1.29 is 24.2 Å². The molecule has 0 unspecified atom stereocenters. The molecule has 0 radical (unpaired) electrons. The number of rotatable bonds is 8. The zero-order valence-corrected chi connectivity index (χ0v) is 16.2. The molecule has 2 amide bonds. The quantitative estimate of drug-likeness (QED) is 0.636. The first-order chi connectivity index (χ1) is 14.0. The summed E-state index contributed by atoms with van der Waals surface area (Å²) in [5, 5.41) is 14.2. The van der Waals surface area contributed by atoms with Gasteiger partial charge in [-0.15, -0.1) is 0 Å². The summed E-state index contributed by atoms with van der Waals surface area (Å²) in [6, 6.07) is 14.7. The van der Waals surface area contributed by atoms with Crippen molar-refractivity contribution in [3.05, 3.63) is 59.7 Å². The van der Waals surface area contributed by atoms with Crippen LogP contribution in [-0.4, -0.2) is 42.3 Å². The van der Waals surface area contributed by atoms with E-state index < -0.39 is 18.1 Å². The van der Waals surface area contributed by atoms with Crippen LogP contribution < -0.4 is 10.6 Å². The number of alkyl carbamates (subject to hydrolysis) is 1. The summed E-state index contributed by atoms with van der Waals surface area (Å²) < 4.78 is 5.36. The molecule has 152 valence electrons. The van der Waals surface area contributed by atoms with Crippen LogP contribution in [0.2, 0.25) is 0 Å². The fourth-order valence-corrected chi connectivity index (χ4v) is 3.60. The van der Waals surface area contributed by atoms with Gasteiger partial charge in [0, 0.05) is 18.9 Å². The van der Waals surface area contributed by atoms with Crippen molar-refractivity contribution in [1.29, 1.82) is 0 Å². The van der Waals surface area contributed by atoms with Crippen LogP contribution in [0.3, 0.4) is 0 Å². The van der Waals surface area contributed by atoms with Crippen molar-refractivity contribution in [2.45, 2.75) is 31.7 Å². The first-order valence-corrected chi connectivity index (χ1v) is 9.62. The highest BCUT2D eigenvalue weighted by Crippen LogP contribution is 2.44. The lowest BCUT2D eigenvalue weighted by atomic mass is 9.98. The molecule has 0 heterocycles. The van der Waals surface area contributed by atoms with Gasteiger partial charge in [0.25, 0.3) is 0 Å². The molecule has 0 saturated carbocycles. The number of carboxylic acid groups (broad SMARTS) is 1. The zero-order valence-electron chi connectivity index (χ0n) is 16.2. The van der Waals surface area contributed by atoms with E-state index in [0.717, 1.165) is 22.3 Å². The Morgan fingerprint density at radius 2 is 1.62 bits per heavy atom. The lowest BCUT2D eigenvalue weighted by Crippen LogP contribution is -2.42. The van der Waals surface area contributed by atoms with E-state index in [1.807, 2.05) is 48.5 Å². The lowest BCUT2D eigenvalue weighted by Gasteiger charge is -2.17. The third-order valence-corrected chi connectivity index (χ3v) is 4.97. The van der Waals surface area contributed by atoms with E-state index in [1.165, 1.54) is 0 Å². The third-order valence-electron chi connectivity index (χ3n) is 4.97. The van der Waals surface area contributed by atoms with Gasteiger partial charge >= 0.3 is 12.1 Å². The van der Waals surface area contributed by atoms with E-state index in [4.69, 9.17) is 4.74 Å². The van der Waals surface area contributed by atoms with Crippen LogP contribution in [-0.2, 0) is 14.3 Å². The molecule has 1 aliphatic rings. The number of hydrogen-bond donors (Lipinski definition) is 3. The standard InChI is InChI=1S/C22H24N2O5/c1-2-23-20(25)12-11-19(21(26)27)24-22(28)29-13-18-16-9-5-3-7-14(16)15-8-4-6-10-17(15)18/h3-10,18-19H,2,11-13H2,1H3,(H,23,25)(H,24,28)(H,26,27)/t19-/m1/s1. The maximum Gasteiger partial charge on any atom is 0.407 e. The van der Waals surface area contributed by atoms with Gasteiger partial charge in [0.05, 0.1) is 0 Å². The highest BCUT2D eigenvalue weighted by molar-refractivity contribution is 5.82. The van der Waals surface area contributed by atoms with Crippen LogP contribution in [0.15, 0.2) is 48.5 Å². The second-order valence-electron chi connectivity index (χ2n) is 6.85. The van der Waals surface area contributed by atoms with Crippen LogP contribution in [0, 0.1) is 0 Å². The van der Waals surface area contributed by atoms with E-state index in [2.05, 4.69) is 10.6 Å². The fraction of sp³-hybridized carbons (Fsp3) is 0.318. The Kier molecular flexibility index (Phi) is 6.49. The number of carboxylic acids is 1. The zero-order chi connectivity index (χ0) is 20.8. The predicted octanol–water partition coefficient (Wildman–Crippen LogP) is 2.89. The Balaban J connectivity index is 1.61. The number of fused-ring (bicyclic) bond motifs is 3. The maximum absolute atomic E-state index is 12.2. The van der Waals surface area contributed by atoms with Crippen molar-refractivity contribution in [3.63, 3.8) is 0 Å². The Bertz CT molecular complexity index is 866. The summed E-state index contributed by atoms with van der Waals surface area (Å²) in [6.45, 7) is 2.35. The molecule has 2 aromatic rings. The third kappa shape index (κ3) is 4.74. The molecule has 3 N–H and O–H groups in total. The van der Waals surface area contributed by atoms with Crippen LogP contribution in [0.5, 0.6) is 0 Å². The number of ether oxygens (including phenoxy) is 1. The minimum Gasteiger partial charge on any atom is -0.480 e. The molecule has 1 aliphatic carbocycles. The maximum atomic E-state index is 12.2. The van der Waals surface area contributed by atoms with Gasteiger partial charge in [-0.25, -0.2) is 9.59 Å². The topological polar surface area (TPSA) is 105 Å². The highest BCUT2D eigenvalue weighted by atomic mass is 16.5. The summed E-state index contributed by atoms with van der Waals surface area (Å²) in [5.41, 5.74) is 4.38. The molecule has 0 fully saturated rings. The van der Waals surface area contributed by atoms with Gasteiger partial charge in [-0.3, -0.25) is 4.79 Å². The summed E-state index contributed by atoms with van der Waals surface area (Å²) in [5.74, 6) is -1.57. The number of benzene rings is 2. The van der Waals surface area contributed by atoms with E-state index in [0.29, 0.717) is 6.54 Å². The van der Waals surface area contributed by atoms with Crippen molar-refractivity contribution in [1.82, 2.24) is 10.6 Å². The molecule has 7 nitrogen and oxygen atoms in total. The molecule has 0 aliphatic heterocycles. The average Bonchev–Trinajstić information content (AvgIpc) is 3.03. The molecule has 0 spiro atoms. The second-order valence-corrected chi connectivity index (χ2v) is 6.85. The Labute approximate surface area is 169 Å². The van der Waals surface area contributed by atoms with Gasteiger partial charge < -0.3 is 20.5 Å². The number of hydrogen-bond acceptors (Lipinski definition) is 4. The van der Waals surface area contributed by atoms with E-state index >= 15 is 0 Å². The summed E-state index contributed by atoms with van der Waals surface area (Å²) in [7, 11) is 0. The van der Waals surface area contributed by atoms with Crippen molar-refractivity contribution >= 4 is 18.0 Å². The molecule has 1 atom stereocenters. The largest absolute Gasteiger partial charge is 0.480 e. The summed E-state index contributed by atoms with van der Waals surface area (Å²) in [4.78, 5) is 35.1. The highest BCUT2D eigenvalue weighted by Gasteiger charge is 2.29. The number of aliphatic carboxylic acids is 1. The second kappa shape index (κ2) is 9.23. The van der Waals surface area contributed by atoms with Crippen LogP contribution in [0.25, 0.3) is 11.1 Å². The SMILES string of the molecule is CCNC(=O)CC[C@@H](NC(=O)OCC1c2ccccc2-c2ccccc21)C(=O)O. The smallest absolute Gasteiger partial charge is 0.407 e. The number of nitrogens with one attached hydrogen (secondary N) is 2. The van der Waals surface area contributed by atoms with Gasteiger partial charge in [-0.2, -0.15) is 0 Å². The number of amides is 2. The van der Waals surface area contributed by atoms with Crippen LogP contribution in [0.4, 0.5) is 4.79 Å². The predicted molar refractivity (Wildman–Crippen MR) is 108 cm³/mol. The molecule has 29 heavy (non-hydrogen) atoms. The van der Waals surface area contributed by atoms with E-state index in [9.17, 15) is 19.5 Å². The van der Waals surface area contributed by atoms with Crippen LogP contribution >= 0.6 is 0 Å². The Hall–Kier alpha value is -3.35. The van der Waals surface area contributed by atoms with Gasteiger partial charge in [-0.05, 0) is 35.6 Å². The van der Waals surface area contributed by atoms with Crippen LogP contribution in [0.1, 0.15) is 36.8 Å². The number of carbonyl (C=O) groups is 3. The van der Waals surface area contributed by atoms with Gasteiger partial charge in [0.2, 0.25) is 5.91 Å². The summed E-state index contributed by atoms with van der Waals surface area (Å²) in [6.07, 6.45) is -0.810. The summed E-state index contributed by atoms with van der Waals surface area (Å²) >= 11 is 0. The molecule has 7 heteroatoms.